The second-order valence-electron chi connectivity index (χ2n) is 3.91. The van der Waals surface area contributed by atoms with Crippen molar-refractivity contribution in [2.24, 2.45) is 0 Å². The molecule has 2 rings (SSSR count). The van der Waals surface area contributed by atoms with Gasteiger partial charge < -0.3 is 19.6 Å². The van der Waals surface area contributed by atoms with E-state index in [0.717, 1.165) is 6.42 Å². The lowest BCUT2D eigenvalue weighted by Gasteiger charge is -2.40. The quantitative estimate of drug-likeness (QED) is 0.473. The molecule has 6 nitrogen and oxygen atoms in total. The first-order chi connectivity index (χ1) is 8.63. The Hall–Kier alpha value is -1.21. The van der Waals surface area contributed by atoms with Gasteiger partial charge in [-0.2, -0.15) is 0 Å². The standard InChI is InChI=1S/C11H13BrN2O4/c1-2-17-10-7(12)6-9(10)18-8-4-3-5-13-11(8)14(15)16/h3-5,7,9-10H,2,6H2,1H3. The van der Waals surface area contributed by atoms with Crippen LogP contribution in [0.25, 0.3) is 0 Å². The van der Waals surface area contributed by atoms with E-state index < -0.39 is 4.92 Å². The van der Waals surface area contributed by atoms with Crippen LogP contribution in [0.3, 0.4) is 0 Å². The number of nitrogens with zero attached hydrogens (tertiary/aromatic N) is 2. The third kappa shape index (κ3) is 2.62. The first-order valence-electron chi connectivity index (χ1n) is 5.65. The van der Waals surface area contributed by atoms with E-state index in [4.69, 9.17) is 9.47 Å². The van der Waals surface area contributed by atoms with Gasteiger partial charge >= 0.3 is 5.82 Å². The molecule has 1 aromatic rings. The molecule has 0 aromatic carbocycles. The summed E-state index contributed by atoms with van der Waals surface area (Å²) in [6.45, 7) is 2.49. The third-order valence-corrected chi connectivity index (χ3v) is 3.64. The second kappa shape index (κ2) is 5.62. The smallest absolute Gasteiger partial charge is 0.406 e. The van der Waals surface area contributed by atoms with E-state index in [1.54, 1.807) is 12.1 Å². The Kier molecular flexibility index (Phi) is 4.13. The van der Waals surface area contributed by atoms with Crippen LogP contribution in [-0.2, 0) is 4.74 Å². The minimum absolute atomic E-state index is 0.0742. The molecule has 1 aliphatic rings. The van der Waals surface area contributed by atoms with Gasteiger partial charge in [-0.25, -0.2) is 0 Å². The van der Waals surface area contributed by atoms with Crippen LogP contribution in [0, 0.1) is 10.1 Å². The van der Waals surface area contributed by atoms with Crippen molar-refractivity contribution < 1.29 is 14.4 Å². The molecule has 0 N–H and O–H groups in total. The number of alkyl halides is 1. The number of hydrogen-bond acceptors (Lipinski definition) is 5. The molecule has 3 atom stereocenters. The maximum atomic E-state index is 10.8. The highest BCUT2D eigenvalue weighted by Crippen LogP contribution is 2.36. The number of halogens is 1. The van der Waals surface area contributed by atoms with E-state index in [9.17, 15) is 10.1 Å². The van der Waals surface area contributed by atoms with Crippen LogP contribution in [0.2, 0.25) is 0 Å². The van der Waals surface area contributed by atoms with Crippen LogP contribution in [0.15, 0.2) is 18.3 Å². The molecule has 0 aliphatic heterocycles. The maximum absolute atomic E-state index is 10.8. The Morgan fingerprint density at radius 2 is 2.44 bits per heavy atom. The molecule has 7 heteroatoms. The fourth-order valence-corrected chi connectivity index (χ4v) is 2.68. The Bertz CT molecular complexity index is 443. The van der Waals surface area contributed by atoms with E-state index in [2.05, 4.69) is 20.9 Å². The van der Waals surface area contributed by atoms with Gasteiger partial charge in [0.1, 0.15) is 18.4 Å². The first kappa shape index (κ1) is 13.2. The molecule has 98 valence electrons. The van der Waals surface area contributed by atoms with Gasteiger partial charge in [-0.3, -0.25) is 0 Å². The van der Waals surface area contributed by atoms with Crippen molar-refractivity contribution in [3.63, 3.8) is 0 Å². The molecule has 3 unspecified atom stereocenters. The van der Waals surface area contributed by atoms with E-state index in [0.29, 0.717) is 6.61 Å². The molecule has 0 radical (unpaired) electrons. The zero-order chi connectivity index (χ0) is 13.1. The maximum Gasteiger partial charge on any atom is 0.406 e. The molecule has 1 saturated carbocycles. The Balaban J connectivity index is 2.08. The van der Waals surface area contributed by atoms with Crippen LogP contribution >= 0.6 is 15.9 Å². The van der Waals surface area contributed by atoms with Crippen molar-refractivity contribution in [3.05, 3.63) is 28.4 Å². The van der Waals surface area contributed by atoms with E-state index in [1.807, 2.05) is 6.92 Å². The topological polar surface area (TPSA) is 74.5 Å². The zero-order valence-corrected chi connectivity index (χ0v) is 11.4. The second-order valence-corrected chi connectivity index (χ2v) is 5.09. The third-order valence-electron chi connectivity index (χ3n) is 2.74. The number of hydrogen-bond donors (Lipinski definition) is 0. The van der Waals surface area contributed by atoms with Crippen molar-refractivity contribution in [1.82, 2.24) is 4.98 Å². The lowest BCUT2D eigenvalue weighted by Crippen LogP contribution is -2.52. The van der Waals surface area contributed by atoms with E-state index >= 15 is 0 Å². The summed E-state index contributed by atoms with van der Waals surface area (Å²) >= 11 is 3.47. The van der Waals surface area contributed by atoms with Crippen molar-refractivity contribution in [3.8, 4) is 5.75 Å². The van der Waals surface area contributed by atoms with Crippen LogP contribution in [0.5, 0.6) is 5.75 Å². The largest absolute Gasteiger partial charge is 0.480 e. The molecule has 1 heterocycles. The van der Waals surface area contributed by atoms with Crippen LogP contribution in [-0.4, -0.2) is 33.5 Å². The van der Waals surface area contributed by atoms with Gasteiger partial charge in [0, 0.05) is 17.9 Å². The van der Waals surface area contributed by atoms with Crippen LogP contribution in [0.4, 0.5) is 5.82 Å². The van der Waals surface area contributed by atoms with Crippen LogP contribution < -0.4 is 4.74 Å². The molecule has 1 aliphatic carbocycles. The lowest BCUT2D eigenvalue weighted by atomic mass is 9.91. The monoisotopic (exact) mass is 316 g/mol. The highest BCUT2D eigenvalue weighted by atomic mass is 79.9. The minimum Gasteiger partial charge on any atom is -0.480 e. The Labute approximate surface area is 113 Å². The van der Waals surface area contributed by atoms with Gasteiger partial charge in [-0.05, 0) is 29.0 Å². The number of pyridine rings is 1. The molecule has 1 fully saturated rings. The van der Waals surface area contributed by atoms with Crippen molar-refractivity contribution >= 4 is 21.7 Å². The average Bonchev–Trinajstić information content (AvgIpc) is 2.36. The summed E-state index contributed by atoms with van der Waals surface area (Å²) in [5, 5.41) is 10.8. The first-order valence-corrected chi connectivity index (χ1v) is 6.56. The summed E-state index contributed by atoms with van der Waals surface area (Å²) in [6.07, 6.45) is 1.89. The molecule has 18 heavy (non-hydrogen) atoms. The van der Waals surface area contributed by atoms with Crippen molar-refractivity contribution in [2.45, 2.75) is 30.4 Å². The fourth-order valence-electron chi connectivity index (χ4n) is 1.82. The zero-order valence-electron chi connectivity index (χ0n) is 9.78. The molecule has 0 saturated heterocycles. The predicted molar refractivity (Wildman–Crippen MR) is 68.1 cm³/mol. The summed E-state index contributed by atoms with van der Waals surface area (Å²) in [5.74, 6) is -0.0672. The number of ether oxygens (including phenoxy) is 2. The van der Waals surface area contributed by atoms with E-state index in [1.165, 1.54) is 6.20 Å². The molecule has 1 aromatic heterocycles. The normalized spacial score (nSPS) is 26.4. The van der Waals surface area contributed by atoms with Gasteiger partial charge in [0.2, 0.25) is 5.75 Å². The molecule has 0 bridgehead atoms. The van der Waals surface area contributed by atoms with Crippen LogP contribution in [0.1, 0.15) is 13.3 Å². The molecular weight excluding hydrogens is 304 g/mol. The molecular formula is C11H13BrN2O4. The van der Waals surface area contributed by atoms with E-state index in [-0.39, 0.29) is 28.6 Å². The summed E-state index contributed by atoms with van der Waals surface area (Å²) in [6, 6.07) is 3.16. The minimum atomic E-state index is -0.546. The number of nitro groups is 1. The lowest BCUT2D eigenvalue weighted by molar-refractivity contribution is -0.390. The SMILES string of the molecule is CCOC1C(Br)CC1Oc1cccnc1[N+](=O)[O-]. The van der Waals surface area contributed by atoms with Gasteiger partial charge in [0.05, 0.1) is 0 Å². The Morgan fingerprint density at radius 3 is 3.06 bits per heavy atom. The summed E-state index contributed by atoms with van der Waals surface area (Å²) in [5.41, 5.74) is 0. The Morgan fingerprint density at radius 1 is 1.67 bits per heavy atom. The van der Waals surface area contributed by atoms with Gasteiger partial charge in [0.25, 0.3) is 0 Å². The summed E-state index contributed by atoms with van der Waals surface area (Å²) in [4.78, 5) is 14.2. The van der Waals surface area contributed by atoms with Crippen molar-refractivity contribution in [1.29, 1.82) is 0 Å². The van der Waals surface area contributed by atoms with Crippen molar-refractivity contribution in [2.75, 3.05) is 6.61 Å². The van der Waals surface area contributed by atoms with Gasteiger partial charge in [-0.15, -0.1) is 0 Å². The number of rotatable bonds is 5. The molecule has 0 amide bonds. The predicted octanol–water partition coefficient (Wildman–Crippen LogP) is 2.31. The number of aromatic nitrogens is 1. The average molecular weight is 317 g/mol. The highest BCUT2D eigenvalue weighted by Gasteiger charge is 2.43. The van der Waals surface area contributed by atoms with Gasteiger partial charge in [0.15, 0.2) is 0 Å². The fraction of sp³-hybridized carbons (Fsp3) is 0.545. The van der Waals surface area contributed by atoms with Gasteiger partial charge in [-0.1, -0.05) is 15.9 Å². The summed E-state index contributed by atoms with van der Waals surface area (Å²) in [7, 11) is 0. The molecule has 0 spiro atoms. The highest BCUT2D eigenvalue weighted by molar-refractivity contribution is 9.09. The summed E-state index contributed by atoms with van der Waals surface area (Å²) < 4.78 is 11.1.